The van der Waals surface area contributed by atoms with Crippen molar-refractivity contribution < 1.29 is 18.4 Å². The van der Waals surface area contributed by atoms with Gasteiger partial charge in [-0.15, -0.1) is 13.2 Å². The van der Waals surface area contributed by atoms with E-state index < -0.39 is 16.6 Å². The van der Waals surface area contributed by atoms with Crippen molar-refractivity contribution in [1.82, 2.24) is 0 Å². The molecule has 6 heteroatoms. The van der Waals surface area contributed by atoms with E-state index in [1.54, 1.807) is 6.08 Å². The summed E-state index contributed by atoms with van der Waals surface area (Å²) >= 11 is 0. The first-order valence-electron chi connectivity index (χ1n) is 16.2. The van der Waals surface area contributed by atoms with Crippen LogP contribution in [0.5, 0.6) is 0 Å². The predicted octanol–water partition coefficient (Wildman–Crippen LogP) is 10.3. The fraction of sp³-hybridized carbons (Fsp3) is 0.694. The highest BCUT2D eigenvalue weighted by molar-refractivity contribution is 6.74. The smallest absolute Gasteiger partial charge is 0.306 e. The van der Waals surface area contributed by atoms with Crippen molar-refractivity contribution >= 4 is 22.6 Å². The lowest BCUT2D eigenvalue weighted by Crippen LogP contribution is -2.45. The van der Waals surface area contributed by atoms with Gasteiger partial charge in [-0.1, -0.05) is 84.0 Å². The molecular formula is C36H62O4Si2. The summed E-state index contributed by atoms with van der Waals surface area (Å²) in [4.78, 5) is 12.8. The number of rotatable bonds is 16. The number of allylic oxidation sites excluding steroid dienone is 2. The third-order valence-electron chi connectivity index (χ3n) is 10.2. The molecule has 2 rings (SSSR count). The number of ether oxygens (including phenoxy) is 1. The minimum Gasteiger partial charge on any atom is -0.462 e. The van der Waals surface area contributed by atoms with Crippen LogP contribution < -0.4 is 0 Å². The highest BCUT2D eigenvalue weighted by Crippen LogP contribution is 2.47. The minimum absolute atomic E-state index is 0.0655. The van der Waals surface area contributed by atoms with Gasteiger partial charge in [-0.05, 0) is 86.3 Å². The second-order valence-corrected chi connectivity index (χ2v) is 25.0. The average Bonchev–Trinajstić information content (AvgIpc) is 3.18. The number of esters is 1. The first-order valence-corrected chi connectivity index (χ1v) is 22.0. The maximum atomic E-state index is 12.8. The molecule has 0 aromatic heterocycles. The van der Waals surface area contributed by atoms with Crippen molar-refractivity contribution in [1.29, 1.82) is 0 Å². The standard InChI is InChI=1S/C36H62O4Si2/c1-13-15-22-34(37)38-32-27-33(40-42(11,12)36(6,7)8)31(30(32)19-14-2)26-25-29(39-41(9,10)35(3,4)5)24-23-28-20-17-16-18-21-28/h13-14,16-18,20-21,29-33H,1-2,15,19,22-27H2,3-12H3/t29-,30+,31+,32-,33+/m0/s1. The van der Waals surface area contributed by atoms with E-state index in [1.165, 1.54) is 5.56 Å². The zero-order valence-electron chi connectivity index (χ0n) is 28.6. The molecular weight excluding hydrogens is 553 g/mol. The van der Waals surface area contributed by atoms with E-state index in [4.69, 9.17) is 13.6 Å². The molecule has 1 aromatic rings. The van der Waals surface area contributed by atoms with Gasteiger partial charge in [0.1, 0.15) is 6.10 Å². The van der Waals surface area contributed by atoms with E-state index in [0.717, 1.165) is 38.5 Å². The number of hydrogen-bond acceptors (Lipinski definition) is 4. The van der Waals surface area contributed by atoms with Crippen molar-refractivity contribution in [2.75, 3.05) is 0 Å². The summed E-state index contributed by atoms with van der Waals surface area (Å²) in [6, 6.07) is 10.8. The van der Waals surface area contributed by atoms with Gasteiger partial charge in [0.25, 0.3) is 0 Å². The van der Waals surface area contributed by atoms with Crippen LogP contribution in [0.2, 0.25) is 36.3 Å². The maximum absolute atomic E-state index is 12.8. The summed E-state index contributed by atoms with van der Waals surface area (Å²) < 4.78 is 20.4. The van der Waals surface area contributed by atoms with Gasteiger partial charge in [-0.2, -0.15) is 0 Å². The first-order chi connectivity index (χ1) is 19.4. The van der Waals surface area contributed by atoms with E-state index >= 15 is 0 Å². The number of hydrogen-bond donors (Lipinski definition) is 0. The zero-order chi connectivity index (χ0) is 31.8. The highest BCUT2D eigenvalue weighted by Gasteiger charge is 2.49. The van der Waals surface area contributed by atoms with Gasteiger partial charge < -0.3 is 13.6 Å². The number of aryl methyl sites for hydroxylation is 1. The molecule has 42 heavy (non-hydrogen) atoms. The maximum Gasteiger partial charge on any atom is 0.306 e. The molecule has 0 bridgehead atoms. The number of carbonyl (C=O) groups is 1. The minimum atomic E-state index is -2.04. The van der Waals surface area contributed by atoms with Crippen LogP contribution in [-0.4, -0.2) is 40.9 Å². The SMILES string of the molecule is C=CCCC(=O)O[C@H]1C[C@@H](O[Si](C)(C)C(C)(C)C)[C@H](CC[C@H](CCc2ccccc2)O[Si](C)(C)C(C)(C)C)[C@H]1CC=C. The molecule has 1 saturated carbocycles. The Hall–Kier alpha value is -1.48. The summed E-state index contributed by atoms with van der Waals surface area (Å²) in [7, 11) is -4.00. The van der Waals surface area contributed by atoms with Gasteiger partial charge in [0.2, 0.25) is 0 Å². The summed E-state index contributed by atoms with van der Waals surface area (Å²) in [5.41, 5.74) is 1.36. The first kappa shape index (κ1) is 36.7. The molecule has 5 atom stereocenters. The molecule has 1 aliphatic rings. The van der Waals surface area contributed by atoms with E-state index in [-0.39, 0.29) is 46.2 Å². The molecule has 0 saturated heterocycles. The molecule has 0 unspecified atom stereocenters. The van der Waals surface area contributed by atoms with E-state index in [0.29, 0.717) is 12.8 Å². The monoisotopic (exact) mass is 614 g/mol. The van der Waals surface area contributed by atoms with Gasteiger partial charge in [0.15, 0.2) is 16.6 Å². The molecule has 238 valence electrons. The number of carbonyl (C=O) groups excluding carboxylic acids is 1. The van der Waals surface area contributed by atoms with Gasteiger partial charge in [0, 0.05) is 24.9 Å². The van der Waals surface area contributed by atoms with Crippen LogP contribution in [0.15, 0.2) is 55.6 Å². The topological polar surface area (TPSA) is 44.8 Å². The molecule has 1 aromatic carbocycles. The largest absolute Gasteiger partial charge is 0.462 e. The lowest BCUT2D eigenvalue weighted by Gasteiger charge is -2.41. The third-order valence-corrected chi connectivity index (χ3v) is 19.2. The van der Waals surface area contributed by atoms with Gasteiger partial charge >= 0.3 is 5.97 Å². The highest BCUT2D eigenvalue weighted by atomic mass is 28.4. The van der Waals surface area contributed by atoms with Crippen molar-refractivity contribution in [3.05, 3.63) is 61.2 Å². The van der Waals surface area contributed by atoms with Crippen LogP contribution in [0.1, 0.15) is 92.1 Å². The fourth-order valence-corrected chi connectivity index (χ4v) is 8.33. The van der Waals surface area contributed by atoms with Crippen molar-refractivity contribution in [2.24, 2.45) is 11.8 Å². The van der Waals surface area contributed by atoms with Crippen molar-refractivity contribution in [3.8, 4) is 0 Å². The molecule has 0 N–H and O–H groups in total. The second-order valence-electron chi connectivity index (χ2n) is 15.5. The van der Waals surface area contributed by atoms with E-state index in [2.05, 4.69) is 111 Å². The average molecular weight is 615 g/mol. The normalized spacial score (nSPS) is 22.5. The van der Waals surface area contributed by atoms with Crippen LogP contribution in [0, 0.1) is 11.8 Å². The van der Waals surface area contributed by atoms with Gasteiger partial charge in [0.05, 0.1) is 6.10 Å². The summed E-state index contributed by atoms with van der Waals surface area (Å²) in [5, 5.41) is 0.253. The zero-order valence-corrected chi connectivity index (χ0v) is 30.6. The Balaban J connectivity index is 2.34. The molecule has 0 aliphatic heterocycles. The Morgan fingerprint density at radius 1 is 0.905 bits per heavy atom. The number of benzene rings is 1. The second kappa shape index (κ2) is 15.5. The van der Waals surface area contributed by atoms with E-state index in [9.17, 15) is 4.79 Å². The van der Waals surface area contributed by atoms with Crippen LogP contribution in [-0.2, 0) is 24.8 Å². The van der Waals surface area contributed by atoms with Crippen LogP contribution in [0.25, 0.3) is 0 Å². The third kappa shape index (κ3) is 10.6. The summed E-state index contributed by atoms with van der Waals surface area (Å²) in [6.07, 6.45) is 10.4. The Labute approximate surface area is 261 Å². The Kier molecular flexibility index (Phi) is 13.5. The molecule has 1 fully saturated rings. The molecule has 0 heterocycles. The Morgan fingerprint density at radius 3 is 2.07 bits per heavy atom. The molecule has 0 amide bonds. The Morgan fingerprint density at radius 2 is 1.52 bits per heavy atom. The van der Waals surface area contributed by atoms with E-state index in [1.807, 2.05) is 6.08 Å². The van der Waals surface area contributed by atoms with Gasteiger partial charge in [-0.3, -0.25) is 4.79 Å². The molecule has 0 spiro atoms. The molecule has 4 nitrogen and oxygen atoms in total. The van der Waals surface area contributed by atoms with Crippen LogP contribution in [0.3, 0.4) is 0 Å². The van der Waals surface area contributed by atoms with Crippen molar-refractivity contribution in [2.45, 2.75) is 147 Å². The van der Waals surface area contributed by atoms with Crippen LogP contribution in [0.4, 0.5) is 0 Å². The van der Waals surface area contributed by atoms with Crippen molar-refractivity contribution in [3.63, 3.8) is 0 Å². The molecule has 1 aliphatic carbocycles. The van der Waals surface area contributed by atoms with Gasteiger partial charge in [-0.25, -0.2) is 0 Å². The summed E-state index contributed by atoms with van der Waals surface area (Å²) in [6.45, 7) is 31.1. The van der Waals surface area contributed by atoms with Crippen LogP contribution >= 0.6 is 0 Å². The quantitative estimate of drug-likeness (QED) is 0.106. The predicted molar refractivity (Wildman–Crippen MR) is 184 cm³/mol. The summed E-state index contributed by atoms with van der Waals surface area (Å²) in [5.74, 6) is 0.354. The molecule has 0 radical (unpaired) electrons. The fourth-order valence-electron chi connectivity index (χ4n) is 5.53. The lowest BCUT2D eigenvalue weighted by molar-refractivity contribution is -0.151. The Bertz CT molecular complexity index is 990. The lowest BCUT2D eigenvalue weighted by atomic mass is 9.85.